The Morgan fingerprint density at radius 2 is 1.96 bits per heavy atom. The van der Waals surface area contributed by atoms with Gasteiger partial charge in [0, 0.05) is 11.1 Å². The van der Waals surface area contributed by atoms with Crippen LogP contribution in [0.2, 0.25) is 5.02 Å². The molecular weight excluding hydrogens is 390 g/mol. The van der Waals surface area contributed by atoms with Gasteiger partial charge in [-0.3, -0.25) is 4.79 Å². The van der Waals surface area contributed by atoms with Crippen molar-refractivity contribution in [2.24, 2.45) is 0 Å². The third-order valence-corrected chi connectivity index (χ3v) is 4.70. The molecule has 3 rings (SSSR count). The maximum absolute atomic E-state index is 12.3. The first-order valence-corrected chi connectivity index (χ1v) is 9.16. The molecule has 0 unspecified atom stereocenters. The molecule has 27 heavy (non-hydrogen) atoms. The lowest BCUT2D eigenvalue weighted by Gasteiger charge is -2.11. The minimum Gasteiger partial charge on any atom is -0.497 e. The van der Waals surface area contributed by atoms with Gasteiger partial charge >= 0.3 is 0 Å². The second-order valence-corrected chi connectivity index (χ2v) is 6.63. The van der Waals surface area contributed by atoms with Gasteiger partial charge in [0.1, 0.15) is 11.5 Å². The molecule has 3 aromatic rings. The Bertz CT molecular complexity index is 933. The summed E-state index contributed by atoms with van der Waals surface area (Å²) < 4.78 is 12.0. The number of hydrogen-bond donors (Lipinski definition) is 1. The van der Waals surface area contributed by atoms with Crippen molar-refractivity contribution < 1.29 is 14.3 Å². The zero-order chi connectivity index (χ0) is 19.2. The quantitative estimate of drug-likeness (QED) is 0.604. The van der Waals surface area contributed by atoms with E-state index in [0.717, 1.165) is 5.69 Å². The van der Waals surface area contributed by atoms with Crippen molar-refractivity contribution in [3.8, 4) is 17.2 Å². The topological polar surface area (TPSA) is 91.2 Å². The number of methoxy groups -OCH3 is 2. The van der Waals surface area contributed by atoms with E-state index in [1.165, 1.54) is 18.9 Å². The summed E-state index contributed by atoms with van der Waals surface area (Å²) in [6.45, 7) is 0. The molecular formula is C17H16ClN5O3S. The molecule has 1 aromatic heterocycles. The monoisotopic (exact) mass is 405 g/mol. The molecule has 2 aromatic carbocycles. The van der Waals surface area contributed by atoms with Gasteiger partial charge in [-0.2, -0.15) is 4.68 Å². The van der Waals surface area contributed by atoms with Gasteiger partial charge in [-0.15, -0.1) is 5.10 Å². The van der Waals surface area contributed by atoms with Crippen LogP contribution < -0.4 is 14.8 Å². The van der Waals surface area contributed by atoms with Crippen LogP contribution in [0.4, 0.5) is 5.69 Å². The summed E-state index contributed by atoms with van der Waals surface area (Å²) in [7, 11) is 3.09. The lowest BCUT2D eigenvalue weighted by Crippen LogP contribution is -2.15. The molecule has 1 heterocycles. The van der Waals surface area contributed by atoms with E-state index < -0.39 is 0 Å². The van der Waals surface area contributed by atoms with E-state index in [2.05, 4.69) is 20.8 Å². The number of ether oxygens (including phenoxy) is 2. The molecule has 0 aliphatic carbocycles. The average molecular weight is 406 g/mol. The molecule has 1 amide bonds. The van der Waals surface area contributed by atoms with E-state index in [1.807, 2.05) is 0 Å². The van der Waals surface area contributed by atoms with Crippen molar-refractivity contribution in [1.29, 1.82) is 0 Å². The number of thioether (sulfide) groups is 1. The molecule has 0 fully saturated rings. The molecule has 10 heteroatoms. The zero-order valence-corrected chi connectivity index (χ0v) is 16.1. The maximum Gasteiger partial charge on any atom is 0.234 e. The molecule has 0 saturated heterocycles. The van der Waals surface area contributed by atoms with E-state index in [1.54, 1.807) is 54.3 Å². The average Bonchev–Trinajstić information content (AvgIpc) is 3.15. The van der Waals surface area contributed by atoms with Crippen LogP contribution in [0.5, 0.6) is 11.5 Å². The molecule has 0 aliphatic rings. The van der Waals surface area contributed by atoms with Crippen molar-refractivity contribution >= 4 is 35.0 Å². The molecule has 8 nitrogen and oxygen atoms in total. The molecule has 0 atom stereocenters. The second kappa shape index (κ2) is 8.74. The van der Waals surface area contributed by atoms with Gasteiger partial charge in [0.25, 0.3) is 0 Å². The summed E-state index contributed by atoms with van der Waals surface area (Å²) >= 11 is 7.11. The highest BCUT2D eigenvalue weighted by atomic mass is 35.5. The van der Waals surface area contributed by atoms with Crippen LogP contribution in [-0.4, -0.2) is 46.1 Å². The van der Waals surface area contributed by atoms with Crippen LogP contribution in [-0.2, 0) is 4.79 Å². The van der Waals surface area contributed by atoms with Gasteiger partial charge < -0.3 is 14.8 Å². The van der Waals surface area contributed by atoms with Gasteiger partial charge in [0.05, 0.1) is 31.3 Å². The predicted octanol–water partition coefficient (Wildman–Crippen LogP) is 3.06. The Kier molecular flexibility index (Phi) is 6.15. The Hall–Kier alpha value is -2.78. The molecule has 0 spiro atoms. The number of aromatic nitrogens is 4. The summed E-state index contributed by atoms with van der Waals surface area (Å²) in [6, 6.07) is 12.3. The Balaban J connectivity index is 1.67. The first-order chi connectivity index (χ1) is 13.1. The first kappa shape index (κ1) is 19.0. The van der Waals surface area contributed by atoms with Gasteiger partial charge in [0.15, 0.2) is 0 Å². The van der Waals surface area contributed by atoms with Crippen LogP contribution in [0.3, 0.4) is 0 Å². The summed E-state index contributed by atoms with van der Waals surface area (Å²) in [4.78, 5) is 12.3. The van der Waals surface area contributed by atoms with Crippen molar-refractivity contribution in [2.75, 3.05) is 25.3 Å². The lowest BCUT2D eigenvalue weighted by atomic mass is 10.2. The standard InChI is InChI=1S/C17H16ClN5O3S/c1-25-13-7-8-15(26-2)14(9-13)19-16(24)10-27-17-20-21-22-23(17)12-5-3-11(18)4-6-12/h3-9H,10H2,1-2H3,(H,19,24). The largest absolute Gasteiger partial charge is 0.497 e. The fourth-order valence-electron chi connectivity index (χ4n) is 2.24. The van der Waals surface area contributed by atoms with Crippen LogP contribution in [0.1, 0.15) is 0 Å². The number of nitrogens with one attached hydrogen (secondary N) is 1. The molecule has 140 valence electrons. The van der Waals surface area contributed by atoms with Crippen LogP contribution in [0, 0.1) is 0 Å². The number of carbonyl (C=O) groups is 1. The molecule has 1 N–H and O–H groups in total. The zero-order valence-electron chi connectivity index (χ0n) is 14.5. The number of halogens is 1. The van der Waals surface area contributed by atoms with Gasteiger partial charge in [0.2, 0.25) is 11.1 Å². The number of rotatable bonds is 7. The number of amides is 1. The Morgan fingerprint density at radius 1 is 1.19 bits per heavy atom. The smallest absolute Gasteiger partial charge is 0.234 e. The highest BCUT2D eigenvalue weighted by Gasteiger charge is 2.13. The summed E-state index contributed by atoms with van der Waals surface area (Å²) in [5.74, 6) is 1.05. The number of hydrogen-bond acceptors (Lipinski definition) is 7. The van der Waals surface area contributed by atoms with E-state index in [4.69, 9.17) is 21.1 Å². The third-order valence-electron chi connectivity index (χ3n) is 3.53. The minimum atomic E-state index is -0.225. The minimum absolute atomic E-state index is 0.119. The molecule has 0 saturated carbocycles. The highest BCUT2D eigenvalue weighted by Crippen LogP contribution is 2.29. The molecule has 0 bridgehead atoms. The van der Waals surface area contributed by atoms with Crippen molar-refractivity contribution in [2.45, 2.75) is 5.16 Å². The number of anilines is 1. The lowest BCUT2D eigenvalue weighted by molar-refractivity contribution is -0.113. The Labute approximate surface area is 164 Å². The van der Waals surface area contributed by atoms with Gasteiger partial charge in [-0.25, -0.2) is 0 Å². The van der Waals surface area contributed by atoms with E-state index >= 15 is 0 Å². The summed E-state index contributed by atoms with van der Waals surface area (Å²) in [5, 5.41) is 15.5. The molecule has 0 aliphatic heterocycles. The van der Waals surface area contributed by atoms with Crippen LogP contribution >= 0.6 is 23.4 Å². The van der Waals surface area contributed by atoms with Gasteiger partial charge in [-0.05, 0) is 46.8 Å². The van der Waals surface area contributed by atoms with Gasteiger partial charge in [-0.1, -0.05) is 23.4 Å². The summed E-state index contributed by atoms with van der Waals surface area (Å²) in [5.41, 5.74) is 1.28. The number of nitrogens with zero attached hydrogens (tertiary/aromatic N) is 4. The number of benzene rings is 2. The Morgan fingerprint density at radius 3 is 2.67 bits per heavy atom. The van der Waals surface area contributed by atoms with E-state index in [-0.39, 0.29) is 11.7 Å². The number of carbonyl (C=O) groups excluding carboxylic acids is 1. The van der Waals surface area contributed by atoms with E-state index in [9.17, 15) is 4.79 Å². The third kappa shape index (κ3) is 4.69. The molecule has 0 radical (unpaired) electrons. The fraction of sp³-hybridized carbons (Fsp3) is 0.176. The summed E-state index contributed by atoms with van der Waals surface area (Å²) in [6.07, 6.45) is 0. The van der Waals surface area contributed by atoms with Crippen LogP contribution in [0.15, 0.2) is 47.6 Å². The van der Waals surface area contributed by atoms with Crippen molar-refractivity contribution in [1.82, 2.24) is 20.2 Å². The van der Waals surface area contributed by atoms with E-state index in [0.29, 0.717) is 27.4 Å². The van der Waals surface area contributed by atoms with Crippen molar-refractivity contribution in [3.05, 3.63) is 47.5 Å². The SMILES string of the molecule is COc1ccc(OC)c(NC(=O)CSc2nnnn2-c2ccc(Cl)cc2)c1. The van der Waals surface area contributed by atoms with Crippen molar-refractivity contribution in [3.63, 3.8) is 0 Å². The first-order valence-electron chi connectivity index (χ1n) is 7.79. The normalized spacial score (nSPS) is 10.5. The fourth-order valence-corrected chi connectivity index (χ4v) is 3.06. The highest BCUT2D eigenvalue weighted by molar-refractivity contribution is 7.99. The predicted molar refractivity (Wildman–Crippen MR) is 103 cm³/mol. The maximum atomic E-state index is 12.3. The second-order valence-electron chi connectivity index (χ2n) is 5.25. The number of tetrazole rings is 1. The van der Waals surface area contributed by atoms with Crippen LogP contribution in [0.25, 0.3) is 5.69 Å².